The predicted octanol–water partition coefficient (Wildman–Crippen LogP) is 1.75. The highest BCUT2D eigenvalue weighted by molar-refractivity contribution is 4.94. The molecule has 0 saturated carbocycles. The fraction of sp³-hybridized carbons (Fsp3) is 0.750. The van der Waals surface area contributed by atoms with E-state index in [-0.39, 0.29) is 5.41 Å². The summed E-state index contributed by atoms with van der Waals surface area (Å²) >= 11 is 0. The smallest absolute Gasteiger partial charge is 0.245 e. The van der Waals surface area contributed by atoms with Crippen LogP contribution in [0.4, 0.5) is 0 Å². The molecule has 1 rings (SSSR count). The highest BCUT2D eigenvalue weighted by Crippen LogP contribution is 2.30. The SMILES string of the molecule is Cc1noc(C([NH])C(C)(C)C)n1. The van der Waals surface area contributed by atoms with Crippen LogP contribution < -0.4 is 5.73 Å². The number of nitrogens with zero attached hydrogens (tertiary/aromatic N) is 2. The van der Waals surface area contributed by atoms with Gasteiger partial charge in [-0.25, -0.2) is 5.73 Å². The summed E-state index contributed by atoms with van der Waals surface area (Å²) in [7, 11) is 0. The summed E-state index contributed by atoms with van der Waals surface area (Å²) in [6.45, 7) is 7.68. The number of nitrogens with one attached hydrogen (secondary N) is 1. The van der Waals surface area contributed by atoms with E-state index in [1.54, 1.807) is 6.92 Å². The van der Waals surface area contributed by atoms with Crippen LogP contribution in [0.25, 0.3) is 0 Å². The first-order valence-corrected chi connectivity index (χ1v) is 3.92. The highest BCUT2D eigenvalue weighted by atomic mass is 16.5. The van der Waals surface area contributed by atoms with Gasteiger partial charge < -0.3 is 4.52 Å². The lowest BCUT2D eigenvalue weighted by Crippen LogP contribution is -2.19. The van der Waals surface area contributed by atoms with Crippen LogP contribution in [0, 0.1) is 12.3 Å². The van der Waals surface area contributed by atoms with Gasteiger partial charge in [0.25, 0.3) is 0 Å². The molecule has 67 valence electrons. The third-order valence-electron chi connectivity index (χ3n) is 1.66. The summed E-state index contributed by atoms with van der Waals surface area (Å²) in [6, 6.07) is -0.446. The molecule has 4 nitrogen and oxygen atoms in total. The Bertz CT molecular complexity index is 262. The van der Waals surface area contributed by atoms with Crippen molar-refractivity contribution in [2.24, 2.45) is 5.41 Å². The minimum atomic E-state index is -0.446. The molecule has 1 heterocycles. The summed E-state index contributed by atoms with van der Waals surface area (Å²) in [4.78, 5) is 4.01. The zero-order valence-electron chi connectivity index (χ0n) is 7.88. The first-order valence-electron chi connectivity index (χ1n) is 3.92. The molecule has 1 radical (unpaired) electrons. The fourth-order valence-electron chi connectivity index (χ4n) is 0.801. The zero-order valence-corrected chi connectivity index (χ0v) is 7.88. The van der Waals surface area contributed by atoms with Gasteiger partial charge in [-0.15, -0.1) is 0 Å². The van der Waals surface area contributed by atoms with Crippen molar-refractivity contribution >= 4 is 0 Å². The highest BCUT2D eigenvalue weighted by Gasteiger charge is 2.27. The molecule has 1 unspecified atom stereocenters. The molecule has 1 aromatic rings. The number of rotatable bonds is 1. The largest absolute Gasteiger partial charge is 0.338 e. The van der Waals surface area contributed by atoms with Crippen molar-refractivity contribution < 1.29 is 4.52 Å². The van der Waals surface area contributed by atoms with Crippen LogP contribution in [0.15, 0.2) is 4.52 Å². The first kappa shape index (κ1) is 9.19. The van der Waals surface area contributed by atoms with Crippen LogP contribution in [-0.2, 0) is 0 Å². The van der Waals surface area contributed by atoms with E-state index in [0.717, 1.165) is 0 Å². The lowest BCUT2D eigenvalue weighted by atomic mass is 9.87. The quantitative estimate of drug-likeness (QED) is 0.641. The van der Waals surface area contributed by atoms with E-state index in [4.69, 9.17) is 10.3 Å². The Labute approximate surface area is 72.1 Å². The lowest BCUT2D eigenvalue weighted by molar-refractivity contribution is 0.246. The Morgan fingerprint density at radius 2 is 2.00 bits per heavy atom. The third kappa shape index (κ3) is 1.82. The second kappa shape index (κ2) is 2.86. The summed E-state index contributed by atoms with van der Waals surface area (Å²) in [5, 5.41) is 3.65. The molecule has 1 N–H and O–H groups in total. The van der Waals surface area contributed by atoms with Crippen molar-refractivity contribution in [2.75, 3.05) is 0 Å². The van der Waals surface area contributed by atoms with E-state index in [9.17, 15) is 0 Å². The molecule has 0 aliphatic rings. The maximum Gasteiger partial charge on any atom is 0.245 e. The molecule has 0 saturated heterocycles. The number of aromatic nitrogens is 2. The van der Waals surface area contributed by atoms with Gasteiger partial charge in [0.05, 0.1) is 0 Å². The lowest BCUT2D eigenvalue weighted by Gasteiger charge is -2.22. The van der Waals surface area contributed by atoms with E-state index in [1.165, 1.54) is 0 Å². The summed E-state index contributed by atoms with van der Waals surface area (Å²) < 4.78 is 4.90. The van der Waals surface area contributed by atoms with E-state index >= 15 is 0 Å². The van der Waals surface area contributed by atoms with E-state index in [2.05, 4.69) is 10.1 Å². The molecule has 0 aliphatic carbocycles. The van der Waals surface area contributed by atoms with Gasteiger partial charge >= 0.3 is 0 Å². The number of aryl methyl sites for hydroxylation is 1. The summed E-state index contributed by atoms with van der Waals surface area (Å²) in [5.74, 6) is 0.992. The standard InChI is InChI=1S/C8H14N3O/c1-5-10-7(12-11-5)6(9)8(2,3)4/h6,9H,1-4H3. The van der Waals surface area contributed by atoms with Crippen LogP contribution in [0.1, 0.15) is 38.5 Å². The minimum absolute atomic E-state index is 0.154. The minimum Gasteiger partial charge on any atom is -0.338 e. The topological polar surface area (TPSA) is 62.7 Å². The molecule has 1 atom stereocenters. The monoisotopic (exact) mass is 168 g/mol. The molecule has 0 bridgehead atoms. The van der Waals surface area contributed by atoms with Crippen molar-refractivity contribution in [1.82, 2.24) is 15.9 Å². The Morgan fingerprint density at radius 1 is 1.42 bits per heavy atom. The van der Waals surface area contributed by atoms with Crippen molar-refractivity contribution in [2.45, 2.75) is 33.7 Å². The third-order valence-corrected chi connectivity index (χ3v) is 1.66. The van der Waals surface area contributed by atoms with Crippen LogP contribution >= 0.6 is 0 Å². The van der Waals surface area contributed by atoms with E-state index < -0.39 is 6.04 Å². The Hall–Kier alpha value is -0.900. The first-order chi connectivity index (χ1) is 5.41. The molecule has 0 fully saturated rings. The van der Waals surface area contributed by atoms with Crippen LogP contribution in [0.5, 0.6) is 0 Å². The molecule has 1 aromatic heterocycles. The van der Waals surface area contributed by atoms with Crippen molar-refractivity contribution in [1.29, 1.82) is 0 Å². The van der Waals surface area contributed by atoms with Crippen LogP contribution in [0.3, 0.4) is 0 Å². The summed E-state index contributed by atoms with van der Waals surface area (Å²) in [5.41, 5.74) is 7.63. The van der Waals surface area contributed by atoms with Gasteiger partial charge in [0.1, 0.15) is 6.04 Å². The van der Waals surface area contributed by atoms with Crippen molar-refractivity contribution in [3.8, 4) is 0 Å². The average Bonchev–Trinajstić information content (AvgIpc) is 2.32. The predicted molar refractivity (Wildman–Crippen MR) is 44.3 cm³/mol. The van der Waals surface area contributed by atoms with Gasteiger partial charge in [0.15, 0.2) is 5.82 Å². The normalized spacial score (nSPS) is 14.8. The average molecular weight is 168 g/mol. The number of hydrogen-bond acceptors (Lipinski definition) is 3. The van der Waals surface area contributed by atoms with E-state index in [0.29, 0.717) is 11.7 Å². The maximum absolute atomic E-state index is 7.78. The summed E-state index contributed by atoms with van der Waals surface area (Å²) in [6.07, 6.45) is 0. The fourth-order valence-corrected chi connectivity index (χ4v) is 0.801. The molecule has 0 spiro atoms. The second-order valence-corrected chi connectivity index (χ2v) is 3.98. The molecule has 4 heteroatoms. The zero-order chi connectivity index (χ0) is 9.35. The molecule has 0 amide bonds. The number of hydrogen-bond donors (Lipinski definition) is 0. The van der Waals surface area contributed by atoms with Gasteiger partial charge in [-0.05, 0) is 12.3 Å². The van der Waals surface area contributed by atoms with Crippen LogP contribution in [0.2, 0.25) is 0 Å². The second-order valence-electron chi connectivity index (χ2n) is 3.98. The Morgan fingerprint density at radius 3 is 2.33 bits per heavy atom. The molecule has 12 heavy (non-hydrogen) atoms. The van der Waals surface area contributed by atoms with Gasteiger partial charge in [0, 0.05) is 0 Å². The van der Waals surface area contributed by atoms with Gasteiger partial charge in [-0.3, -0.25) is 0 Å². The molecular weight excluding hydrogens is 154 g/mol. The molecule has 0 aliphatic heterocycles. The van der Waals surface area contributed by atoms with Crippen LogP contribution in [-0.4, -0.2) is 10.1 Å². The maximum atomic E-state index is 7.78. The Balaban J connectivity index is 2.85. The Kier molecular flexibility index (Phi) is 2.19. The molecule has 0 aromatic carbocycles. The van der Waals surface area contributed by atoms with Gasteiger partial charge in [-0.1, -0.05) is 25.9 Å². The van der Waals surface area contributed by atoms with Crippen molar-refractivity contribution in [3.05, 3.63) is 11.7 Å². The van der Waals surface area contributed by atoms with Gasteiger partial charge in [-0.2, -0.15) is 4.98 Å². The van der Waals surface area contributed by atoms with Crippen molar-refractivity contribution in [3.63, 3.8) is 0 Å². The molecular formula is C8H14N3O. The van der Waals surface area contributed by atoms with Gasteiger partial charge in [0.2, 0.25) is 5.89 Å². The van der Waals surface area contributed by atoms with E-state index in [1.807, 2.05) is 20.8 Å².